The van der Waals surface area contributed by atoms with E-state index in [9.17, 15) is 4.79 Å². The Kier molecular flexibility index (Phi) is 5.16. The van der Waals surface area contributed by atoms with Gasteiger partial charge in [-0.3, -0.25) is 4.79 Å². The summed E-state index contributed by atoms with van der Waals surface area (Å²) in [4.78, 5) is 22.3. The van der Waals surface area contributed by atoms with Gasteiger partial charge in [0.1, 0.15) is 11.6 Å². The molecule has 132 valence electrons. The van der Waals surface area contributed by atoms with Gasteiger partial charge >= 0.3 is 0 Å². The molecule has 1 saturated heterocycles. The molecule has 1 fully saturated rings. The summed E-state index contributed by atoms with van der Waals surface area (Å²) in [6, 6.07) is 10.4. The quantitative estimate of drug-likeness (QED) is 0.874. The van der Waals surface area contributed by atoms with Gasteiger partial charge in [-0.1, -0.05) is 12.1 Å². The van der Waals surface area contributed by atoms with Crippen LogP contribution in [0.4, 0.5) is 11.5 Å². The molecule has 1 aliphatic heterocycles. The lowest BCUT2D eigenvalue weighted by molar-refractivity contribution is -0.122. The Morgan fingerprint density at radius 1 is 1.28 bits per heavy atom. The number of nitrogens with one attached hydrogen (secondary N) is 1. The van der Waals surface area contributed by atoms with Crippen molar-refractivity contribution in [2.24, 2.45) is 11.7 Å². The molecule has 0 spiro atoms. The molecule has 25 heavy (non-hydrogen) atoms. The Morgan fingerprint density at radius 2 is 2.04 bits per heavy atom. The van der Waals surface area contributed by atoms with E-state index in [-0.39, 0.29) is 11.8 Å². The number of carbonyl (C=O) groups excluding carboxylic acids is 1. The van der Waals surface area contributed by atoms with E-state index in [1.54, 1.807) is 0 Å². The molecular weight excluding hydrogens is 314 g/mol. The number of benzene rings is 1. The first kappa shape index (κ1) is 17.2. The maximum absolute atomic E-state index is 11.4. The van der Waals surface area contributed by atoms with Crippen LogP contribution >= 0.6 is 0 Å². The monoisotopic (exact) mass is 339 g/mol. The molecule has 1 aliphatic rings. The van der Waals surface area contributed by atoms with E-state index in [2.05, 4.69) is 44.5 Å². The molecule has 0 radical (unpaired) electrons. The Labute approximate surface area is 148 Å². The summed E-state index contributed by atoms with van der Waals surface area (Å²) >= 11 is 0. The molecule has 0 saturated carbocycles. The molecule has 1 unspecified atom stereocenters. The van der Waals surface area contributed by atoms with Crippen LogP contribution in [-0.2, 0) is 11.3 Å². The summed E-state index contributed by atoms with van der Waals surface area (Å²) in [5.41, 5.74) is 8.74. The van der Waals surface area contributed by atoms with Gasteiger partial charge in [-0.15, -0.1) is 0 Å². The summed E-state index contributed by atoms with van der Waals surface area (Å²) in [7, 11) is 0. The zero-order valence-corrected chi connectivity index (χ0v) is 14.8. The van der Waals surface area contributed by atoms with Crippen molar-refractivity contribution in [2.75, 3.05) is 23.3 Å². The summed E-state index contributed by atoms with van der Waals surface area (Å²) in [6.45, 7) is 6.25. The summed E-state index contributed by atoms with van der Waals surface area (Å²) in [5, 5.41) is 3.34. The maximum Gasteiger partial charge on any atom is 0.222 e. The van der Waals surface area contributed by atoms with E-state index < -0.39 is 0 Å². The first-order valence-electron chi connectivity index (χ1n) is 8.70. The van der Waals surface area contributed by atoms with Crippen molar-refractivity contribution >= 4 is 17.4 Å². The predicted octanol–water partition coefficient (Wildman–Crippen LogP) is 2.41. The van der Waals surface area contributed by atoms with Crippen molar-refractivity contribution in [3.05, 3.63) is 47.4 Å². The molecule has 2 heterocycles. The highest BCUT2D eigenvalue weighted by atomic mass is 16.1. The lowest BCUT2D eigenvalue weighted by Crippen LogP contribution is -2.41. The van der Waals surface area contributed by atoms with Gasteiger partial charge < -0.3 is 16.0 Å². The molecule has 3 rings (SSSR count). The largest absolute Gasteiger partial charge is 0.371 e. The molecule has 6 nitrogen and oxygen atoms in total. The highest BCUT2D eigenvalue weighted by molar-refractivity contribution is 5.77. The van der Waals surface area contributed by atoms with Gasteiger partial charge in [0.15, 0.2) is 0 Å². The third-order valence-corrected chi connectivity index (χ3v) is 4.56. The van der Waals surface area contributed by atoms with E-state index in [1.807, 2.05) is 19.9 Å². The summed E-state index contributed by atoms with van der Waals surface area (Å²) in [6.07, 6.45) is 1.90. The molecule has 0 bridgehead atoms. The maximum atomic E-state index is 11.4. The third kappa shape index (κ3) is 4.47. The average molecular weight is 339 g/mol. The number of primary amides is 1. The number of rotatable bonds is 5. The number of nitrogens with zero attached hydrogens (tertiary/aromatic N) is 3. The average Bonchev–Trinajstić information content (AvgIpc) is 2.60. The minimum Gasteiger partial charge on any atom is -0.371 e. The number of aryl methyl sites for hydroxylation is 2. The van der Waals surface area contributed by atoms with Gasteiger partial charge in [-0.2, -0.15) is 0 Å². The second-order valence-electron chi connectivity index (χ2n) is 6.65. The van der Waals surface area contributed by atoms with Gasteiger partial charge in [0.2, 0.25) is 5.91 Å². The van der Waals surface area contributed by atoms with Gasteiger partial charge in [0.25, 0.3) is 0 Å². The van der Waals surface area contributed by atoms with Crippen LogP contribution in [0.3, 0.4) is 0 Å². The van der Waals surface area contributed by atoms with E-state index in [0.29, 0.717) is 13.1 Å². The van der Waals surface area contributed by atoms with Crippen molar-refractivity contribution < 1.29 is 4.79 Å². The van der Waals surface area contributed by atoms with E-state index in [0.717, 1.165) is 42.4 Å². The normalized spacial score (nSPS) is 17.4. The fourth-order valence-corrected chi connectivity index (χ4v) is 3.27. The molecule has 1 aromatic heterocycles. The summed E-state index contributed by atoms with van der Waals surface area (Å²) < 4.78 is 0. The highest BCUT2D eigenvalue weighted by Crippen LogP contribution is 2.23. The lowest BCUT2D eigenvalue weighted by atomic mass is 9.97. The fourth-order valence-electron chi connectivity index (χ4n) is 3.27. The molecule has 1 atom stereocenters. The lowest BCUT2D eigenvalue weighted by Gasteiger charge is -2.33. The Balaban J connectivity index is 1.61. The molecule has 1 aromatic carbocycles. The molecule has 2 aromatic rings. The number of nitrogens with two attached hydrogens (primary N) is 1. The van der Waals surface area contributed by atoms with Crippen LogP contribution in [0.15, 0.2) is 30.3 Å². The Hall–Kier alpha value is -2.63. The molecule has 1 amide bonds. The van der Waals surface area contributed by atoms with E-state index >= 15 is 0 Å². The van der Waals surface area contributed by atoms with Gasteiger partial charge in [-0.25, -0.2) is 9.97 Å². The van der Waals surface area contributed by atoms with E-state index in [4.69, 9.17) is 5.73 Å². The predicted molar refractivity (Wildman–Crippen MR) is 99.4 cm³/mol. The SMILES string of the molecule is Cc1cc(NCc2ccc(N3CCCC(C(N)=O)C3)cc2)nc(C)n1. The fraction of sp³-hybridized carbons (Fsp3) is 0.421. The molecule has 0 aliphatic carbocycles. The molecule has 3 N–H and O–H groups in total. The minimum atomic E-state index is -0.194. The van der Waals surface area contributed by atoms with Crippen molar-refractivity contribution in [2.45, 2.75) is 33.2 Å². The van der Waals surface area contributed by atoms with Crippen LogP contribution in [0.5, 0.6) is 0 Å². The third-order valence-electron chi connectivity index (χ3n) is 4.56. The molecular formula is C19H25N5O. The number of hydrogen-bond acceptors (Lipinski definition) is 5. The highest BCUT2D eigenvalue weighted by Gasteiger charge is 2.23. The van der Waals surface area contributed by atoms with Crippen molar-refractivity contribution in [3.63, 3.8) is 0 Å². The van der Waals surface area contributed by atoms with Crippen LogP contribution in [0.2, 0.25) is 0 Å². The molecule has 6 heteroatoms. The van der Waals surface area contributed by atoms with Crippen LogP contribution in [-0.4, -0.2) is 29.0 Å². The second kappa shape index (κ2) is 7.51. The van der Waals surface area contributed by atoms with Gasteiger partial charge in [0, 0.05) is 37.1 Å². The van der Waals surface area contributed by atoms with Crippen LogP contribution in [0, 0.1) is 19.8 Å². The van der Waals surface area contributed by atoms with Crippen LogP contribution in [0.1, 0.15) is 29.9 Å². The van der Waals surface area contributed by atoms with E-state index in [1.165, 1.54) is 5.56 Å². The van der Waals surface area contributed by atoms with Crippen LogP contribution in [0.25, 0.3) is 0 Å². The Bertz CT molecular complexity index is 724. The number of amides is 1. The van der Waals surface area contributed by atoms with Crippen molar-refractivity contribution in [3.8, 4) is 0 Å². The standard InChI is InChI=1S/C19H25N5O/c1-13-10-18(23-14(2)22-13)21-11-15-5-7-17(8-6-15)24-9-3-4-16(12-24)19(20)25/h5-8,10,16H,3-4,9,11-12H2,1-2H3,(H2,20,25)(H,21,22,23). The van der Waals surface area contributed by atoms with Crippen molar-refractivity contribution in [1.29, 1.82) is 0 Å². The number of piperidine rings is 1. The zero-order valence-electron chi connectivity index (χ0n) is 14.8. The number of anilines is 2. The first-order valence-corrected chi connectivity index (χ1v) is 8.70. The number of carbonyl (C=O) groups is 1. The summed E-state index contributed by atoms with van der Waals surface area (Å²) in [5.74, 6) is 1.38. The topological polar surface area (TPSA) is 84.1 Å². The van der Waals surface area contributed by atoms with Gasteiger partial charge in [0.05, 0.1) is 5.92 Å². The van der Waals surface area contributed by atoms with Crippen molar-refractivity contribution in [1.82, 2.24) is 9.97 Å². The zero-order chi connectivity index (χ0) is 17.8. The number of hydrogen-bond donors (Lipinski definition) is 2. The van der Waals surface area contributed by atoms with Gasteiger partial charge in [-0.05, 0) is 44.4 Å². The van der Waals surface area contributed by atoms with Crippen LogP contribution < -0.4 is 16.0 Å². The first-order chi connectivity index (χ1) is 12.0. The Morgan fingerprint density at radius 3 is 2.72 bits per heavy atom. The number of aromatic nitrogens is 2. The smallest absolute Gasteiger partial charge is 0.222 e. The minimum absolute atomic E-state index is 0.0423. The second-order valence-corrected chi connectivity index (χ2v) is 6.65.